The zero-order valence-corrected chi connectivity index (χ0v) is 19.0. The topological polar surface area (TPSA) is 97.5 Å². The van der Waals surface area contributed by atoms with Crippen molar-refractivity contribution in [2.45, 2.75) is 57.4 Å². The molecule has 8 heteroatoms. The van der Waals surface area contributed by atoms with Gasteiger partial charge in [0.2, 0.25) is 20.0 Å². The van der Waals surface area contributed by atoms with Crippen molar-refractivity contribution in [3.8, 4) is 0 Å². The molecule has 0 saturated heterocycles. The highest BCUT2D eigenvalue weighted by Gasteiger charge is 2.31. The first-order valence-electron chi connectivity index (χ1n) is 8.89. The van der Waals surface area contributed by atoms with E-state index in [1.165, 1.54) is 23.5 Å². The molecule has 154 valence electrons. The molecular weight excluding hydrogens is 396 g/mol. The fourth-order valence-corrected chi connectivity index (χ4v) is 5.77. The predicted octanol–water partition coefficient (Wildman–Crippen LogP) is 3.26. The summed E-state index contributed by atoms with van der Waals surface area (Å²) in [4.78, 5) is 0.328. The number of sulfonamides is 2. The molecule has 2 aromatic carbocycles. The van der Waals surface area contributed by atoms with Crippen LogP contribution in [0.5, 0.6) is 0 Å². The highest BCUT2D eigenvalue weighted by molar-refractivity contribution is 7.89. The Hall–Kier alpha value is -1.74. The first kappa shape index (κ1) is 22.5. The normalized spacial score (nSPS) is 13.8. The molecule has 0 heterocycles. The van der Waals surface area contributed by atoms with Crippen LogP contribution >= 0.6 is 0 Å². The smallest absolute Gasteiger partial charge is 0.225 e. The van der Waals surface area contributed by atoms with Gasteiger partial charge in [-0.25, -0.2) is 22.0 Å². The van der Waals surface area contributed by atoms with E-state index >= 15 is 0 Å². The maximum absolute atomic E-state index is 13.4. The second-order valence-electron chi connectivity index (χ2n) is 7.27. The van der Waals surface area contributed by atoms with E-state index in [0.717, 1.165) is 27.8 Å². The van der Waals surface area contributed by atoms with Crippen LogP contribution in [0, 0.1) is 34.6 Å². The first-order chi connectivity index (χ1) is 12.7. The third-order valence-corrected chi connectivity index (χ3v) is 8.94. The van der Waals surface area contributed by atoms with Gasteiger partial charge in [0.15, 0.2) is 0 Å². The van der Waals surface area contributed by atoms with E-state index in [9.17, 15) is 16.8 Å². The molecule has 2 N–H and O–H groups in total. The summed E-state index contributed by atoms with van der Waals surface area (Å²) in [6.45, 7) is 11.3. The van der Waals surface area contributed by atoms with Crippen LogP contribution < -0.4 is 5.14 Å². The molecule has 0 aromatic heterocycles. The third kappa shape index (κ3) is 3.87. The average Bonchev–Trinajstić information content (AvgIpc) is 2.62. The van der Waals surface area contributed by atoms with Gasteiger partial charge in [-0.1, -0.05) is 12.1 Å². The molecule has 0 saturated carbocycles. The molecule has 6 nitrogen and oxygen atoms in total. The van der Waals surface area contributed by atoms with Gasteiger partial charge in [0.25, 0.3) is 0 Å². The van der Waals surface area contributed by atoms with E-state index in [0.29, 0.717) is 10.5 Å². The summed E-state index contributed by atoms with van der Waals surface area (Å²) >= 11 is 0. The second kappa shape index (κ2) is 7.59. The molecule has 2 rings (SSSR count). The van der Waals surface area contributed by atoms with Gasteiger partial charge >= 0.3 is 0 Å². The molecule has 0 radical (unpaired) electrons. The van der Waals surface area contributed by atoms with Crippen LogP contribution in [0.2, 0.25) is 0 Å². The van der Waals surface area contributed by atoms with Crippen molar-refractivity contribution in [2.24, 2.45) is 5.14 Å². The van der Waals surface area contributed by atoms with Crippen LogP contribution in [-0.4, -0.2) is 28.2 Å². The number of primary sulfonamides is 1. The lowest BCUT2D eigenvalue weighted by atomic mass is 9.95. The summed E-state index contributed by atoms with van der Waals surface area (Å²) in [5.74, 6) is 0. The monoisotopic (exact) mass is 424 g/mol. The summed E-state index contributed by atoms with van der Waals surface area (Å²) in [5.41, 5.74) is 5.23. The number of nitrogens with zero attached hydrogens (tertiary/aromatic N) is 1. The Balaban J connectivity index is 2.53. The number of benzene rings is 2. The number of hydrogen-bond donors (Lipinski definition) is 1. The van der Waals surface area contributed by atoms with Crippen LogP contribution in [0.15, 0.2) is 34.1 Å². The van der Waals surface area contributed by atoms with Gasteiger partial charge in [0, 0.05) is 13.1 Å². The summed E-state index contributed by atoms with van der Waals surface area (Å²) in [6.07, 6.45) is 0. The van der Waals surface area contributed by atoms with E-state index < -0.39 is 26.1 Å². The number of nitrogens with two attached hydrogens (primary N) is 1. The van der Waals surface area contributed by atoms with Crippen molar-refractivity contribution in [3.05, 3.63) is 57.6 Å². The van der Waals surface area contributed by atoms with E-state index in [1.54, 1.807) is 19.1 Å². The lowest BCUT2D eigenvalue weighted by Gasteiger charge is -2.28. The van der Waals surface area contributed by atoms with Crippen LogP contribution in [-0.2, 0) is 20.0 Å². The van der Waals surface area contributed by atoms with Crippen molar-refractivity contribution < 1.29 is 16.8 Å². The van der Waals surface area contributed by atoms with Crippen molar-refractivity contribution in [3.63, 3.8) is 0 Å². The van der Waals surface area contributed by atoms with E-state index in [-0.39, 0.29) is 4.90 Å². The second-order valence-corrected chi connectivity index (χ2v) is 10.8. The molecule has 2 aromatic rings. The van der Waals surface area contributed by atoms with Crippen LogP contribution in [0.3, 0.4) is 0 Å². The summed E-state index contributed by atoms with van der Waals surface area (Å²) in [5, 5.41) is 5.13. The Morgan fingerprint density at radius 3 is 1.57 bits per heavy atom. The minimum Gasteiger partial charge on any atom is -0.225 e. The quantitative estimate of drug-likeness (QED) is 0.796. The maximum Gasteiger partial charge on any atom is 0.243 e. The van der Waals surface area contributed by atoms with Crippen LogP contribution in [0.4, 0.5) is 0 Å². The maximum atomic E-state index is 13.4. The Bertz CT molecular complexity index is 1090. The van der Waals surface area contributed by atoms with Gasteiger partial charge < -0.3 is 0 Å². The zero-order chi connectivity index (χ0) is 21.6. The van der Waals surface area contributed by atoms with Crippen molar-refractivity contribution >= 4 is 20.0 Å². The van der Waals surface area contributed by atoms with Gasteiger partial charge in [-0.15, -0.1) is 0 Å². The Kier molecular flexibility index (Phi) is 6.11. The molecule has 28 heavy (non-hydrogen) atoms. The molecular formula is C20H28N2O4S2. The molecule has 0 aliphatic carbocycles. The van der Waals surface area contributed by atoms with Gasteiger partial charge in [-0.2, -0.15) is 4.31 Å². The molecule has 0 bridgehead atoms. The van der Waals surface area contributed by atoms with Gasteiger partial charge in [-0.05, 0) is 87.1 Å². The fraction of sp³-hybridized carbons (Fsp3) is 0.400. The SMILES string of the molecule is Cc1c(C)c(C)c(S(=O)(=O)N(C)[C@@H](C)c2ccc(S(N)(=O)=O)cc2)c(C)c1C. The zero-order valence-electron chi connectivity index (χ0n) is 17.4. The van der Waals surface area contributed by atoms with Crippen LogP contribution in [0.1, 0.15) is 46.3 Å². The summed E-state index contributed by atoms with van der Waals surface area (Å²) < 4.78 is 51.1. The molecule has 0 spiro atoms. The standard InChI is InChI=1S/C20H28N2O4S2/c1-12-13(2)15(4)20(16(5)14(12)3)28(25,26)22(7)17(6)18-8-10-19(11-9-18)27(21,23)24/h8-11,17H,1-7H3,(H2,21,23,24)/t17-/m0/s1. The predicted molar refractivity (Wildman–Crippen MR) is 111 cm³/mol. The minimum atomic E-state index is -3.79. The highest BCUT2D eigenvalue weighted by Crippen LogP contribution is 2.34. The van der Waals surface area contributed by atoms with Crippen molar-refractivity contribution in [1.29, 1.82) is 0 Å². The fourth-order valence-electron chi connectivity index (χ4n) is 3.35. The summed E-state index contributed by atoms with van der Waals surface area (Å²) in [7, 11) is -6.01. The lowest BCUT2D eigenvalue weighted by Crippen LogP contribution is -2.31. The van der Waals surface area contributed by atoms with Crippen LogP contribution in [0.25, 0.3) is 0 Å². The van der Waals surface area contributed by atoms with Gasteiger partial charge in [0.1, 0.15) is 0 Å². The molecule has 1 atom stereocenters. The number of rotatable bonds is 5. The Morgan fingerprint density at radius 2 is 1.18 bits per heavy atom. The van der Waals surface area contributed by atoms with E-state index in [2.05, 4.69) is 0 Å². The largest absolute Gasteiger partial charge is 0.243 e. The minimum absolute atomic E-state index is 0.00886. The first-order valence-corrected chi connectivity index (χ1v) is 11.9. The van der Waals surface area contributed by atoms with Gasteiger partial charge in [0.05, 0.1) is 9.79 Å². The van der Waals surface area contributed by atoms with E-state index in [4.69, 9.17) is 5.14 Å². The van der Waals surface area contributed by atoms with E-state index in [1.807, 2.05) is 34.6 Å². The van der Waals surface area contributed by atoms with Crippen molar-refractivity contribution in [2.75, 3.05) is 7.05 Å². The molecule has 0 unspecified atom stereocenters. The Morgan fingerprint density at radius 1 is 0.786 bits per heavy atom. The summed E-state index contributed by atoms with van der Waals surface area (Å²) in [6, 6.07) is 5.46. The number of hydrogen-bond acceptors (Lipinski definition) is 4. The molecule has 0 amide bonds. The molecule has 0 aliphatic rings. The Labute approximate surface area is 168 Å². The molecule has 0 aliphatic heterocycles. The van der Waals surface area contributed by atoms with Gasteiger partial charge in [-0.3, -0.25) is 0 Å². The average molecular weight is 425 g/mol. The van der Waals surface area contributed by atoms with Crippen molar-refractivity contribution in [1.82, 2.24) is 4.31 Å². The third-order valence-electron chi connectivity index (χ3n) is 5.80. The highest BCUT2D eigenvalue weighted by atomic mass is 32.2. The molecule has 0 fully saturated rings. The lowest BCUT2D eigenvalue weighted by molar-refractivity contribution is 0.397.